The van der Waals surface area contributed by atoms with Crippen LogP contribution in [0.2, 0.25) is 0 Å². The third kappa shape index (κ3) is 4.17. The molecule has 1 aliphatic rings. The maximum absolute atomic E-state index is 14.1. The van der Waals surface area contributed by atoms with Crippen LogP contribution in [0.15, 0.2) is 60.7 Å². The number of hydrogen-bond donors (Lipinski definition) is 1. The highest BCUT2D eigenvalue weighted by Crippen LogP contribution is 2.38. The average molecular weight is 411 g/mol. The van der Waals surface area contributed by atoms with Crippen molar-refractivity contribution in [2.45, 2.75) is 5.37 Å². The molecule has 4 rings (SSSR count). The van der Waals surface area contributed by atoms with Crippen LogP contribution >= 0.6 is 11.8 Å². The van der Waals surface area contributed by atoms with Gasteiger partial charge in [0.15, 0.2) is 6.61 Å². The number of thioether (sulfide) groups is 1. The Hall–Kier alpha value is -3.13. The van der Waals surface area contributed by atoms with Gasteiger partial charge in [0.25, 0.3) is 5.91 Å². The number of rotatable bonds is 5. The van der Waals surface area contributed by atoms with Gasteiger partial charge in [-0.25, -0.2) is 9.18 Å². The molecule has 8 heteroatoms. The first-order chi connectivity index (χ1) is 14.1. The zero-order chi connectivity index (χ0) is 20.2. The van der Waals surface area contributed by atoms with E-state index in [-0.39, 0.29) is 17.4 Å². The van der Waals surface area contributed by atoms with E-state index in [4.69, 9.17) is 4.74 Å². The summed E-state index contributed by atoms with van der Waals surface area (Å²) < 4.78 is 19.3. The summed E-state index contributed by atoms with van der Waals surface area (Å²) in [5.41, 5.74) is 2.09. The van der Waals surface area contributed by atoms with Gasteiger partial charge in [-0.05, 0) is 12.1 Å². The number of hydrogen-bond acceptors (Lipinski definition) is 5. The first-order valence-electron chi connectivity index (χ1n) is 9.07. The monoisotopic (exact) mass is 411 g/mol. The van der Waals surface area contributed by atoms with Crippen LogP contribution in [-0.4, -0.2) is 45.9 Å². The standard InChI is InChI=1S/C21H18FN3O3S/c22-16-9-5-4-8-15(16)20-25(10-11-29-20)19(26)13-28-21(27)18-12-17(23-24-18)14-6-2-1-3-7-14/h1-9,12,20H,10-11,13H2,(H,23,24)/t20-/m0/s1. The molecular weight excluding hydrogens is 393 g/mol. The summed E-state index contributed by atoms with van der Waals surface area (Å²) in [7, 11) is 0. The highest BCUT2D eigenvalue weighted by atomic mass is 32.2. The second-order valence-corrected chi connectivity index (χ2v) is 7.63. The van der Waals surface area contributed by atoms with Gasteiger partial charge in [0.2, 0.25) is 0 Å². The summed E-state index contributed by atoms with van der Waals surface area (Å²) >= 11 is 1.49. The molecule has 0 spiro atoms. The van der Waals surface area contributed by atoms with Crippen molar-refractivity contribution < 1.29 is 18.7 Å². The Labute approximate surface area is 171 Å². The van der Waals surface area contributed by atoms with E-state index in [0.29, 0.717) is 23.6 Å². The molecule has 1 amide bonds. The van der Waals surface area contributed by atoms with E-state index in [1.165, 1.54) is 17.8 Å². The van der Waals surface area contributed by atoms with Crippen LogP contribution in [0.1, 0.15) is 21.4 Å². The van der Waals surface area contributed by atoms with Crippen LogP contribution in [0.3, 0.4) is 0 Å². The van der Waals surface area contributed by atoms with Crippen molar-refractivity contribution in [2.24, 2.45) is 0 Å². The molecule has 0 saturated carbocycles. The highest BCUT2D eigenvalue weighted by Gasteiger charge is 2.32. The smallest absolute Gasteiger partial charge is 0.356 e. The average Bonchev–Trinajstić information content (AvgIpc) is 3.43. The number of carbonyl (C=O) groups excluding carboxylic acids is 2. The van der Waals surface area contributed by atoms with Crippen molar-refractivity contribution in [2.75, 3.05) is 18.9 Å². The molecule has 1 fully saturated rings. The largest absolute Gasteiger partial charge is 0.451 e. The second kappa shape index (κ2) is 8.48. The minimum Gasteiger partial charge on any atom is -0.451 e. The fourth-order valence-corrected chi connectivity index (χ4v) is 4.43. The molecule has 3 aromatic rings. The molecule has 1 N–H and O–H groups in total. The maximum atomic E-state index is 14.1. The zero-order valence-corrected chi connectivity index (χ0v) is 16.2. The van der Waals surface area contributed by atoms with Crippen LogP contribution < -0.4 is 0 Å². The molecular formula is C21H18FN3O3S. The van der Waals surface area contributed by atoms with Gasteiger partial charge >= 0.3 is 5.97 Å². The molecule has 0 aliphatic carbocycles. The second-order valence-electron chi connectivity index (χ2n) is 6.44. The number of nitrogens with one attached hydrogen (secondary N) is 1. The summed E-state index contributed by atoms with van der Waals surface area (Å²) in [4.78, 5) is 26.4. The summed E-state index contributed by atoms with van der Waals surface area (Å²) in [5.74, 6) is -0.686. The van der Waals surface area contributed by atoms with Crippen LogP contribution in [-0.2, 0) is 9.53 Å². The van der Waals surface area contributed by atoms with Crippen molar-refractivity contribution in [3.05, 3.63) is 77.7 Å². The summed E-state index contributed by atoms with van der Waals surface area (Å²) in [5, 5.41) is 6.33. The van der Waals surface area contributed by atoms with Gasteiger partial charge in [-0.3, -0.25) is 9.89 Å². The number of ether oxygens (including phenoxy) is 1. The number of aromatic amines is 1. The van der Waals surface area contributed by atoms with E-state index in [1.807, 2.05) is 30.3 Å². The predicted octanol–water partition coefficient (Wildman–Crippen LogP) is 3.65. The lowest BCUT2D eigenvalue weighted by molar-refractivity contribution is -0.134. The Morgan fingerprint density at radius 3 is 2.72 bits per heavy atom. The van der Waals surface area contributed by atoms with E-state index in [0.717, 1.165) is 5.56 Å². The van der Waals surface area contributed by atoms with Gasteiger partial charge in [0, 0.05) is 23.4 Å². The Kier molecular flexibility index (Phi) is 5.62. The molecule has 0 bridgehead atoms. The number of carbonyl (C=O) groups is 2. The van der Waals surface area contributed by atoms with Gasteiger partial charge in [-0.1, -0.05) is 48.5 Å². The fraction of sp³-hybridized carbons (Fsp3) is 0.190. The predicted molar refractivity (Wildman–Crippen MR) is 108 cm³/mol. The van der Waals surface area contributed by atoms with Gasteiger partial charge in [-0.2, -0.15) is 5.10 Å². The Morgan fingerprint density at radius 2 is 1.93 bits per heavy atom. The Morgan fingerprint density at radius 1 is 1.17 bits per heavy atom. The molecule has 1 aromatic heterocycles. The van der Waals surface area contributed by atoms with Gasteiger partial charge in [-0.15, -0.1) is 11.8 Å². The van der Waals surface area contributed by atoms with Crippen molar-refractivity contribution in [3.8, 4) is 11.3 Å². The quantitative estimate of drug-likeness (QED) is 0.649. The number of H-pyrrole nitrogens is 1. The molecule has 1 saturated heterocycles. The summed E-state index contributed by atoms with van der Waals surface area (Å²) in [6.45, 7) is 0.0618. The molecule has 1 atom stereocenters. The summed E-state index contributed by atoms with van der Waals surface area (Å²) in [6, 6.07) is 17.4. The minimum absolute atomic E-state index is 0.165. The van der Waals surface area contributed by atoms with Crippen LogP contribution in [0.25, 0.3) is 11.3 Å². The molecule has 0 radical (unpaired) electrons. The van der Waals surface area contributed by atoms with Gasteiger partial charge in [0.05, 0.1) is 5.69 Å². The third-order valence-electron chi connectivity index (χ3n) is 4.58. The van der Waals surface area contributed by atoms with E-state index < -0.39 is 18.0 Å². The first-order valence-corrected chi connectivity index (χ1v) is 10.1. The number of amides is 1. The maximum Gasteiger partial charge on any atom is 0.356 e. The lowest BCUT2D eigenvalue weighted by Gasteiger charge is -2.24. The zero-order valence-electron chi connectivity index (χ0n) is 15.4. The molecule has 2 aromatic carbocycles. The number of halogens is 1. The van der Waals surface area contributed by atoms with E-state index >= 15 is 0 Å². The molecule has 2 heterocycles. The van der Waals surface area contributed by atoms with E-state index in [1.54, 1.807) is 29.2 Å². The van der Waals surface area contributed by atoms with Crippen LogP contribution in [0.4, 0.5) is 4.39 Å². The molecule has 0 unspecified atom stereocenters. The van der Waals surface area contributed by atoms with Crippen molar-refractivity contribution in [3.63, 3.8) is 0 Å². The fourth-order valence-electron chi connectivity index (χ4n) is 3.13. The normalized spacial score (nSPS) is 16.0. The third-order valence-corrected chi connectivity index (χ3v) is 5.82. The SMILES string of the molecule is O=C(OCC(=O)N1CCS[C@H]1c1ccccc1F)c1cc(-c2ccccc2)n[nH]1. The van der Waals surface area contributed by atoms with E-state index in [9.17, 15) is 14.0 Å². The molecule has 6 nitrogen and oxygen atoms in total. The number of esters is 1. The number of aromatic nitrogens is 2. The molecule has 29 heavy (non-hydrogen) atoms. The van der Waals surface area contributed by atoms with Gasteiger partial charge in [0.1, 0.15) is 16.9 Å². The molecule has 1 aliphatic heterocycles. The lowest BCUT2D eigenvalue weighted by Crippen LogP contribution is -2.34. The Bertz CT molecular complexity index is 1020. The lowest BCUT2D eigenvalue weighted by atomic mass is 10.1. The molecule has 148 valence electrons. The van der Waals surface area contributed by atoms with Crippen LogP contribution in [0, 0.1) is 5.82 Å². The number of benzene rings is 2. The van der Waals surface area contributed by atoms with Crippen molar-refractivity contribution >= 4 is 23.6 Å². The minimum atomic E-state index is -0.665. The highest BCUT2D eigenvalue weighted by molar-refractivity contribution is 7.99. The first kappa shape index (κ1) is 19.2. The Balaban J connectivity index is 1.39. The summed E-state index contributed by atoms with van der Waals surface area (Å²) in [6.07, 6.45) is 0. The topological polar surface area (TPSA) is 75.3 Å². The van der Waals surface area contributed by atoms with Crippen molar-refractivity contribution in [1.82, 2.24) is 15.1 Å². The van der Waals surface area contributed by atoms with Crippen molar-refractivity contribution in [1.29, 1.82) is 0 Å². The van der Waals surface area contributed by atoms with E-state index in [2.05, 4.69) is 10.2 Å². The van der Waals surface area contributed by atoms with Gasteiger partial charge < -0.3 is 9.64 Å². The number of nitrogens with zero attached hydrogens (tertiary/aromatic N) is 2. The van der Waals surface area contributed by atoms with Crippen LogP contribution in [0.5, 0.6) is 0 Å².